The third-order valence-corrected chi connectivity index (χ3v) is 1.56. The van der Waals surface area contributed by atoms with Gasteiger partial charge in [-0.1, -0.05) is 0 Å². The van der Waals surface area contributed by atoms with E-state index in [0.29, 0.717) is 11.2 Å². The monoisotopic (exact) mass is 150 g/mol. The average Bonchev–Trinajstić information content (AvgIpc) is 2.30. The molecule has 0 fully saturated rings. The number of fused-ring (bicyclic) bond motifs is 1. The van der Waals surface area contributed by atoms with E-state index in [2.05, 4.69) is 15.0 Å². The molecule has 0 spiro atoms. The SMILES string of the molecule is Cn1c(=O)[nH]c2cncnc21. The lowest BCUT2D eigenvalue weighted by Crippen LogP contribution is -2.12. The standard InChI is InChI=1S/C6H6N4O/c1-10-5-4(9-6(10)11)2-7-3-8-5/h2-3H,1H3,(H,9,11). The third-order valence-electron chi connectivity index (χ3n) is 1.56. The molecule has 0 saturated carbocycles. The molecule has 2 heterocycles. The Bertz CT molecular complexity index is 441. The molecular formula is C6H6N4O. The predicted octanol–water partition coefficient (Wildman–Crippen LogP) is -0.343. The van der Waals surface area contributed by atoms with Gasteiger partial charge in [0.15, 0.2) is 5.65 Å². The zero-order valence-electron chi connectivity index (χ0n) is 5.90. The summed E-state index contributed by atoms with van der Waals surface area (Å²) in [5.41, 5.74) is 1.13. The molecule has 0 aromatic carbocycles. The minimum Gasteiger partial charge on any atom is -0.303 e. The predicted molar refractivity (Wildman–Crippen MR) is 39.1 cm³/mol. The van der Waals surface area contributed by atoms with E-state index in [4.69, 9.17) is 0 Å². The maximum Gasteiger partial charge on any atom is 0.327 e. The Morgan fingerprint density at radius 1 is 1.64 bits per heavy atom. The molecule has 5 nitrogen and oxygen atoms in total. The van der Waals surface area contributed by atoms with Crippen molar-refractivity contribution in [3.8, 4) is 0 Å². The van der Waals surface area contributed by atoms with E-state index in [-0.39, 0.29) is 5.69 Å². The van der Waals surface area contributed by atoms with Gasteiger partial charge >= 0.3 is 5.69 Å². The third kappa shape index (κ3) is 0.739. The normalized spacial score (nSPS) is 10.6. The Morgan fingerprint density at radius 3 is 3.18 bits per heavy atom. The first-order valence-corrected chi connectivity index (χ1v) is 3.14. The number of hydrogen-bond donors (Lipinski definition) is 1. The van der Waals surface area contributed by atoms with Gasteiger partial charge in [-0.25, -0.2) is 14.8 Å². The van der Waals surface area contributed by atoms with Crippen LogP contribution in [0, 0.1) is 0 Å². The maximum absolute atomic E-state index is 11.0. The molecule has 0 aliphatic rings. The second-order valence-corrected chi connectivity index (χ2v) is 2.25. The van der Waals surface area contributed by atoms with E-state index in [1.165, 1.54) is 10.9 Å². The molecule has 11 heavy (non-hydrogen) atoms. The lowest BCUT2D eigenvalue weighted by Gasteiger charge is -1.87. The van der Waals surface area contributed by atoms with Crippen LogP contribution in [-0.2, 0) is 7.05 Å². The van der Waals surface area contributed by atoms with Crippen LogP contribution in [0.2, 0.25) is 0 Å². The Kier molecular flexibility index (Phi) is 1.06. The quantitative estimate of drug-likeness (QED) is 0.558. The van der Waals surface area contributed by atoms with Gasteiger partial charge in [-0.05, 0) is 0 Å². The van der Waals surface area contributed by atoms with Gasteiger partial charge in [0.2, 0.25) is 0 Å². The highest BCUT2D eigenvalue weighted by atomic mass is 16.1. The first-order chi connectivity index (χ1) is 5.29. The van der Waals surface area contributed by atoms with Crippen LogP contribution in [0.15, 0.2) is 17.3 Å². The molecule has 56 valence electrons. The number of aromatic amines is 1. The number of nitrogens with one attached hydrogen (secondary N) is 1. The zero-order chi connectivity index (χ0) is 7.84. The van der Waals surface area contributed by atoms with E-state index in [1.807, 2.05) is 0 Å². The second kappa shape index (κ2) is 1.91. The first kappa shape index (κ1) is 6.09. The van der Waals surface area contributed by atoms with Gasteiger partial charge in [0, 0.05) is 7.05 Å². The molecule has 2 aromatic heterocycles. The van der Waals surface area contributed by atoms with E-state index in [1.54, 1.807) is 13.2 Å². The minimum atomic E-state index is -0.166. The second-order valence-electron chi connectivity index (χ2n) is 2.25. The van der Waals surface area contributed by atoms with Crippen molar-refractivity contribution in [2.75, 3.05) is 0 Å². The van der Waals surface area contributed by atoms with Crippen molar-refractivity contribution >= 4 is 11.2 Å². The number of aryl methyl sites for hydroxylation is 1. The minimum absolute atomic E-state index is 0.166. The molecule has 0 radical (unpaired) electrons. The Hall–Kier alpha value is -1.65. The topological polar surface area (TPSA) is 63.6 Å². The average molecular weight is 150 g/mol. The van der Waals surface area contributed by atoms with Gasteiger partial charge in [0.1, 0.15) is 11.8 Å². The Morgan fingerprint density at radius 2 is 2.45 bits per heavy atom. The first-order valence-electron chi connectivity index (χ1n) is 3.14. The van der Waals surface area contributed by atoms with Crippen molar-refractivity contribution < 1.29 is 0 Å². The molecule has 0 atom stereocenters. The number of aromatic nitrogens is 4. The van der Waals surface area contributed by atoms with Gasteiger partial charge in [0.25, 0.3) is 0 Å². The summed E-state index contributed by atoms with van der Waals surface area (Å²) >= 11 is 0. The Balaban J connectivity index is 3.04. The fourth-order valence-electron chi connectivity index (χ4n) is 0.974. The summed E-state index contributed by atoms with van der Waals surface area (Å²) in [7, 11) is 1.66. The molecule has 0 aliphatic heterocycles. The van der Waals surface area contributed by atoms with Gasteiger partial charge in [0.05, 0.1) is 6.20 Å². The summed E-state index contributed by atoms with van der Waals surface area (Å²) in [6.07, 6.45) is 2.99. The highest BCUT2D eigenvalue weighted by Gasteiger charge is 2.01. The number of hydrogen-bond acceptors (Lipinski definition) is 3. The maximum atomic E-state index is 11.0. The van der Waals surface area contributed by atoms with Crippen LogP contribution in [0.25, 0.3) is 11.2 Å². The summed E-state index contributed by atoms with van der Waals surface area (Å²) in [6, 6.07) is 0. The zero-order valence-corrected chi connectivity index (χ0v) is 5.90. The molecule has 1 N–H and O–H groups in total. The van der Waals surface area contributed by atoms with Crippen LogP contribution in [0.1, 0.15) is 0 Å². The van der Waals surface area contributed by atoms with Crippen LogP contribution in [0.4, 0.5) is 0 Å². The smallest absolute Gasteiger partial charge is 0.303 e. The van der Waals surface area contributed by atoms with E-state index in [9.17, 15) is 4.79 Å². The van der Waals surface area contributed by atoms with Crippen LogP contribution >= 0.6 is 0 Å². The molecule has 0 amide bonds. The highest BCUT2D eigenvalue weighted by molar-refractivity contribution is 5.68. The van der Waals surface area contributed by atoms with Gasteiger partial charge in [-0.3, -0.25) is 4.57 Å². The van der Waals surface area contributed by atoms with Gasteiger partial charge in [-0.15, -0.1) is 0 Å². The van der Waals surface area contributed by atoms with Crippen LogP contribution < -0.4 is 5.69 Å². The number of H-pyrrole nitrogens is 1. The summed E-state index contributed by atoms with van der Waals surface area (Å²) < 4.78 is 1.44. The van der Waals surface area contributed by atoms with Crippen molar-refractivity contribution in [3.63, 3.8) is 0 Å². The fraction of sp³-hybridized carbons (Fsp3) is 0.167. The number of imidazole rings is 1. The van der Waals surface area contributed by atoms with Crippen LogP contribution in [0.3, 0.4) is 0 Å². The van der Waals surface area contributed by atoms with Gasteiger partial charge in [-0.2, -0.15) is 0 Å². The van der Waals surface area contributed by atoms with E-state index >= 15 is 0 Å². The van der Waals surface area contributed by atoms with Gasteiger partial charge < -0.3 is 4.98 Å². The lowest BCUT2D eigenvalue weighted by atomic mass is 10.6. The summed E-state index contributed by atoms with van der Waals surface area (Å²) in [4.78, 5) is 21.3. The van der Waals surface area contributed by atoms with Crippen molar-refractivity contribution in [1.29, 1.82) is 0 Å². The lowest BCUT2D eigenvalue weighted by molar-refractivity contribution is 0.877. The molecule has 0 aliphatic carbocycles. The number of nitrogens with zero attached hydrogens (tertiary/aromatic N) is 3. The fourth-order valence-corrected chi connectivity index (χ4v) is 0.974. The molecular weight excluding hydrogens is 144 g/mol. The van der Waals surface area contributed by atoms with Crippen molar-refractivity contribution in [2.24, 2.45) is 7.05 Å². The molecule has 2 rings (SSSR count). The highest BCUT2D eigenvalue weighted by Crippen LogP contribution is 1.99. The molecule has 5 heteroatoms. The molecule has 0 unspecified atom stereocenters. The molecule has 0 saturated heterocycles. The van der Waals surface area contributed by atoms with Crippen molar-refractivity contribution in [2.45, 2.75) is 0 Å². The van der Waals surface area contributed by atoms with Crippen molar-refractivity contribution in [3.05, 3.63) is 23.0 Å². The summed E-state index contributed by atoms with van der Waals surface area (Å²) in [5, 5.41) is 0. The van der Waals surface area contributed by atoms with Crippen LogP contribution in [-0.4, -0.2) is 19.5 Å². The molecule has 0 bridgehead atoms. The van der Waals surface area contributed by atoms with E-state index in [0.717, 1.165) is 0 Å². The number of rotatable bonds is 0. The molecule has 2 aromatic rings. The van der Waals surface area contributed by atoms with Crippen molar-refractivity contribution in [1.82, 2.24) is 19.5 Å². The van der Waals surface area contributed by atoms with E-state index < -0.39 is 0 Å². The van der Waals surface area contributed by atoms with Crippen LogP contribution in [0.5, 0.6) is 0 Å². The largest absolute Gasteiger partial charge is 0.327 e. The summed E-state index contributed by atoms with van der Waals surface area (Å²) in [5.74, 6) is 0. The summed E-state index contributed by atoms with van der Waals surface area (Å²) in [6.45, 7) is 0. The Labute approximate surface area is 61.7 Å².